The molecule has 1 aromatic heterocycles. The van der Waals surface area contributed by atoms with Crippen LogP contribution < -0.4 is 10.1 Å². The second-order valence-corrected chi connectivity index (χ2v) is 6.17. The summed E-state index contributed by atoms with van der Waals surface area (Å²) in [4.78, 5) is 12.1. The van der Waals surface area contributed by atoms with Crippen LogP contribution in [-0.2, 0) is 13.2 Å². The van der Waals surface area contributed by atoms with Crippen LogP contribution in [0.1, 0.15) is 21.7 Å². The van der Waals surface area contributed by atoms with Gasteiger partial charge < -0.3 is 14.5 Å². The Balaban J connectivity index is 1.56. The molecular weight excluding hydrogens is 361 g/mol. The topological polar surface area (TPSA) is 51.5 Å². The van der Waals surface area contributed by atoms with Crippen molar-refractivity contribution in [2.75, 3.05) is 0 Å². The molecule has 1 heterocycles. The van der Waals surface area contributed by atoms with Crippen LogP contribution in [0.5, 0.6) is 5.75 Å². The van der Waals surface area contributed by atoms with Gasteiger partial charge in [-0.05, 0) is 42.0 Å². The molecule has 1 amide bonds. The maximum Gasteiger partial charge on any atom is 0.251 e. The summed E-state index contributed by atoms with van der Waals surface area (Å²) in [6.45, 7) is 0.679. The number of hydrogen-bond acceptors (Lipinski definition) is 3. The van der Waals surface area contributed by atoms with Crippen molar-refractivity contribution in [3.63, 3.8) is 0 Å². The highest BCUT2D eigenvalue weighted by atomic mass is 35.5. The Bertz CT molecular complexity index is 846. The average molecular weight is 376 g/mol. The molecule has 3 rings (SSSR count). The molecule has 128 valence electrons. The van der Waals surface area contributed by atoms with E-state index in [1.807, 2.05) is 18.2 Å². The van der Waals surface area contributed by atoms with Crippen molar-refractivity contribution in [2.24, 2.45) is 0 Å². The van der Waals surface area contributed by atoms with Gasteiger partial charge >= 0.3 is 0 Å². The largest absolute Gasteiger partial charge is 0.487 e. The minimum absolute atomic E-state index is 0.165. The summed E-state index contributed by atoms with van der Waals surface area (Å²) in [6, 6.07) is 15.8. The molecule has 0 saturated heterocycles. The normalized spacial score (nSPS) is 10.5. The first-order valence-electron chi connectivity index (χ1n) is 7.59. The quantitative estimate of drug-likeness (QED) is 0.652. The van der Waals surface area contributed by atoms with Gasteiger partial charge in [0.15, 0.2) is 0 Å². The number of hydrogen-bond donors (Lipinski definition) is 1. The Kier molecular flexibility index (Phi) is 5.64. The lowest BCUT2D eigenvalue weighted by atomic mass is 10.1. The first-order chi connectivity index (χ1) is 12.1. The third-order valence-electron chi connectivity index (χ3n) is 3.51. The summed E-state index contributed by atoms with van der Waals surface area (Å²) < 4.78 is 10.9. The Morgan fingerprint density at radius 2 is 1.88 bits per heavy atom. The predicted molar refractivity (Wildman–Crippen MR) is 97.1 cm³/mol. The van der Waals surface area contributed by atoms with Crippen molar-refractivity contribution in [3.05, 3.63) is 87.8 Å². The van der Waals surface area contributed by atoms with E-state index in [1.165, 1.54) is 0 Å². The van der Waals surface area contributed by atoms with Crippen LogP contribution in [0.4, 0.5) is 0 Å². The molecular formula is C19H15Cl2NO3. The van der Waals surface area contributed by atoms with Crippen LogP contribution >= 0.6 is 23.2 Å². The van der Waals surface area contributed by atoms with Gasteiger partial charge in [-0.3, -0.25) is 4.79 Å². The smallest absolute Gasteiger partial charge is 0.251 e. The van der Waals surface area contributed by atoms with Gasteiger partial charge in [-0.2, -0.15) is 0 Å². The van der Waals surface area contributed by atoms with E-state index in [1.54, 1.807) is 42.7 Å². The molecule has 25 heavy (non-hydrogen) atoms. The van der Waals surface area contributed by atoms with Crippen molar-refractivity contribution >= 4 is 29.1 Å². The minimum atomic E-state index is -0.165. The molecule has 0 atom stereocenters. The van der Waals surface area contributed by atoms with E-state index in [4.69, 9.17) is 32.4 Å². The number of benzene rings is 2. The predicted octanol–water partition coefficient (Wildman–Crippen LogP) is 5.10. The Morgan fingerprint density at radius 3 is 2.60 bits per heavy atom. The number of furan rings is 1. The van der Waals surface area contributed by atoms with Crippen molar-refractivity contribution in [1.82, 2.24) is 5.32 Å². The fraction of sp³-hybridized carbons (Fsp3) is 0.105. The number of amides is 1. The lowest BCUT2D eigenvalue weighted by molar-refractivity contribution is 0.0948. The highest BCUT2D eigenvalue weighted by Crippen LogP contribution is 2.28. The van der Waals surface area contributed by atoms with Crippen molar-refractivity contribution < 1.29 is 13.9 Å². The highest BCUT2D eigenvalue weighted by molar-refractivity contribution is 6.34. The van der Waals surface area contributed by atoms with Gasteiger partial charge in [-0.15, -0.1) is 0 Å². The van der Waals surface area contributed by atoms with Gasteiger partial charge in [0.25, 0.3) is 5.91 Å². The number of rotatable bonds is 6. The van der Waals surface area contributed by atoms with Crippen LogP contribution in [0.3, 0.4) is 0 Å². The minimum Gasteiger partial charge on any atom is -0.487 e. The first kappa shape index (κ1) is 17.4. The second kappa shape index (κ2) is 8.10. The number of carbonyl (C=O) groups is 1. The van der Waals surface area contributed by atoms with E-state index >= 15 is 0 Å². The molecule has 6 heteroatoms. The number of nitrogens with one attached hydrogen (secondary N) is 1. The van der Waals surface area contributed by atoms with Gasteiger partial charge in [0, 0.05) is 16.7 Å². The molecule has 0 aliphatic heterocycles. The van der Waals surface area contributed by atoms with E-state index in [9.17, 15) is 4.79 Å². The lowest BCUT2D eigenvalue weighted by Gasteiger charge is -2.09. The molecule has 0 fully saturated rings. The highest BCUT2D eigenvalue weighted by Gasteiger charge is 2.07. The van der Waals surface area contributed by atoms with Crippen molar-refractivity contribution in [1.29, 1.82) is 0 Å². The fourth-order valence-electron chi connectivity index (χ4n) is 2.18. The van der Waals surface area contributed by atoms with Crippen LogP contribution in [-0.4, -0.2) is 5.91 Å². The van der Waals surface area contributed by atoms with E-state index in [2.05, 4.69) is 5.32 Å². The summed E-state index contributed by atoms with van der Waals surface area (Å²) in [5.74, 6) is 1.06. The zero-order valence-corrected chi connectivity index (χ0v) is 14.7. The van der Waals surface area contributed by atoms with E-state index in [0.29, 0.717) is 40.3 Å². The zero-order valence-electron chi connectivity index (χ0n) is 13.2. The summed E-state index contributed by atoms with van der Waals surface area (Å²) >= 11 is 12.0. The summed E-state index contributed by atoms with van der Waals surface area (Å²) in [5, 5.41) is 3.85. The molecule has 0 bridgehead atoms. The summed E-state index contributed by atoms with van der Waals surface area (Å²) in [6.07, 6.45) is 1.57. The van der Waals surface area contributed by atoms with Gasteiger partial charge in [-0.25, -0.2) is 0 Å². The third kappa shape index (κ3) is 4.78. The molecule has 0 aliphatic rings. The molecule has 0 radical (unpaired) electrons. The Labute approximate surface area is 155 Å². The second-order valence-electron chi connectivity index (χ2n) is 5.32. The van der Waals surface area contributed by atoms with Gasteiger partial charge in [0.1, 0.15) is 18.1 Å². The number of halogens is 2. The molecule has 3 aromatic rings. The van der Waals surface area contributed by atoms with Crippen LogP contribution in [0.25, 0.3) is 0 Å². The number of ether oxygens (including phenoxy) is 1. The van der Waals surface area contributed by atoms with Gasteiger partial charge in [0.2, 0.25) is 0 Å². The Hall–Kier alpha value is -2.43. The van der Waals surface area contributed by atoms with Crippen LogP contribution in [0, 0.1) is 0 Å². The molecule has 0 spiro atoms. The van der Waals surface area contributed by atoms with Gasteiger partial charge in [-0.1, -0.05) is 35.3 Å². The summed E-state index contributed by atoms with van der Waals surface area (Å²) in [7, 11) is 0. The van der Waals surface area contributed by atoms with Crippen molar-refractivity contribution in [3.8, 4) is 5.75 Å². The van der Waals surface area contributed by atoms with Crippen LogP contribution in [0.15, 0.2) is 65.3 Å². The zero-order chi connectivity index (χ0) is 17.6. The maximum atomic E-state index is 12.1. The lowest BCUT2D eigenvalue weighted by Crippen LogP contribution is -2.22. The molecule has 1 N–H and O–H groups in total. The monoisotopic (exact) mass is 375 g/mol. The van der Waals surface area contributed by atoms with E-state index in [-0.39, 0.29) is 5.91 Å². The number of carbonyl (C=O) groups excluding carboxylic acids is 1. The SMILES string of the molecule is O=C(NCc1ccco1)c1ccc(COc2cc(Cl)ccc2Cl)cc1. The molecule has 0 unspecified atom stereocenters. The fourth-order valence-corrected chi connectivity index (χ4v) is 2.52. The molecule has 2 aromatic carbocycles. The molecule has 4 nitrogen and oxygen atoms in total. The van der Waals surface area contributed by atoms with E-state index < -0.39 is 0 Å². The van der Waals surface area contributed by atoms with Crippen LogP contribution in [0.2, 0.25) is 10.0 Å². The molecule has 0 saturated carbocycles. The standard InChI is InChI=1S/C19H15Cl2NO3/c20-15-7-8-17(21)18(10-15)25-12-13-3-5-14(6-4-13)19(23)22-11-16-2-1-9-24-16/h1-10H,11-12H2,(H,22,23). The third-order valence-corrected chi connectivity index (χ3v) is 4.05. The summed E-state index contributed by atoms with van der Waals surface area (Å²) in [5.41, 5.74) is 1.48. The van der Waals surface area contributed by atoms with Gasteiger partial charge in [0.05, 0.1) is 17.8 Å². The Morgan fingerprint density at radius 1 is 1.08 bits per heavy atom. The average Bonchev–Trinajstić information content (AvgIpc) is 3.14. The first-order valence-corrected chi connectivity index (χ1v) is 8.35. The molecule has 0 aliphatic carbocycles. The maximum absolute atomic E-state index is 12.1. The van der Waals surface area contributed by atoms with E-state index in [0.717, 1.165) is 5.56 Å². The van der Waals surface area contributed by atoms with Crippen molar-refractivity contribution in [2.45, 2.75) is 13.2 Å².